The minimum Gasteiger partial charge on any atom is -0.481 e. The van der Waals surface area contributed by atoms with Gasteiger partial charge in [-0.15, -0.1) is 6.58 Å². The molecule has 0 aliphatic rings. The quantitative estimate of drug-likeness (QED) is 0.646. The Balaban J connectivity index is 3.06. The lowest BCUT2D eigenvalue weighted by molar-refractivity contribution is -0.153. The molecular weight excluding hydrogens is 234 g/mol. The Labute approximate surface area is 105 Å². The molecule has 0 aliphatic carbocycles. The molecule has 5 nitrogen and oxygen atoms in total. The Kier molecular flexibility index (Phi) is 4.62. The van der Waals surface area contributed by atoms with Crippen LogP contribution in [0.4, 0.5) is 0 Å². The van der Waals surface area contributed by atoms with Gasteiger partial charge in [-0.3, -0.25) is 9.59 Å². The van der Waals surface area contributed by atoms with Crippen molar-refractivity contribution in [3.8, 4) is 0 Å². The molecule has 0 saturated heterocycles. The highest BCUT2D eigenvalue weighted by Crippen LogP contribution is 2.25. The van der Waals surface area contributed by atoms with Crippen molar-refractivity contribution in [1.82, 2.24) is 5.32 Å². The minimum absolute atomic E-state index is 0.160. The SMILES string of the molecule is C=CCNC(=O)C(O)(CC(=O)O)c1ccccc1. The predicted molar refractivity (Wildman–Crippen MR) is 65.8 cm³/mol. The third kappa shape index (κ3) is 3.18. The van der Waals surface area contributed by atoms with Crippen LogP contribution in [0.3, 0.4) is 0 Å². The van der Waals surface area contributed by atoms with Crippen LogP contribution < -0.4 is 5.32 Å². The van der Waals surface area contributed by atoms with Crippen molar-refractivity contribution in [2.75, 3.05) is 6.54 Å². The fourth-order valence-corrected chi connectivity index (χ4v) is 1.56. The molecule has 5 heteroatoms. The number of aliphatic hydroxyl groups is 1. The van der Waals surface area contributed by atoms with E-state index in [4.69, 9.17) is 5.11 Å². The van der Waals surface area contributed by atoms with Crippen LogP contribution in [0, 0.1) is 0 Å². The number of carbonyl (C=O) groups excluding carboxylic acids is 1. The maximum absolute atomic E-state index is 11.9. The van der Waals surface area contributed by atoms with Gasteiger partial charge in [0.1, 0.15) is 0 Å². The zero-order valence-electron chi connectivity index (χ0n) is 9.80. The average molecular weight is 249 g/mol. The smallest absolute Gasteiger partial charge is 0.307 e. The summed E-state index contributed by atoms with van der Waals surface area (Å²) in [6.07, 6.45) is 0.754. The van der Waals surface area contributed by atoms with Crippen LogP contribution in [0.2, 0.25) is 0 Å². The van der Waals surface area contributed by atoms with Crippen LogP contribution in [0.15, 0.2) is 43.0 Å². The number of carbonyl (C=O) groups is 2. The maximum atomic E-state index is 11.9. The van der Waals surface area contributed by atoms with E-state index in [0.717, 1.165) is 0 Å². The molecule has 1 atom stereocenters. The van der Waals surface area contributed by atoms with Gasteiger partial charge in [-0.05, 0) is 5.56 Å². The molecule has 0 aromatic heterocycles. The molecule has 0 saturated carbocycles. The number of nitrogens with one attached hydrogen (secondary N) is 1. The van der Waals surface area contributed by atoms with Gasteiger partial charge in [-0.25, -0.2) is 0 Å². The molecule has 0 spiro atoms. The Bertz CT molecular complexity index is 444. The fourth-order valence-electron chi connectivity index (χ4n) is 1.56. The number of hydrogen-bond acceptors (Lipinski definition) is 3. The van der Waals surface area contributed by atoms with Crippen LogP contribution in [-0.2, 0) is 15.2 Å². The van der Waals surface area contributed by atoms with Gasteiger partial charge in [-0.1, -0.05) is 36.4 Å². The molecule has 18 heavy (non-hydrogen) atoms. The lowest BCUT2D eigenvalue weighted by atomic mass is 9.89. The van der Waals surface area contributed by atoms with Crippen LogP contribution in [0.1, 0.15) is 12.0 Å². The Morgan fingerprint density at radius 2 is 1.94 bits per heavy atom. The van der Waals surface area contributed by atoms with Crippen LogP contribution >= 0.6 is 0 Å². The Hall–Kier alpha value is -2.14. The fraction of sp³-hybridized carbons (Fsp3) is 0.231. The summed E-state index contributed by atoms with van der Waals surface area (Å²) < 4.78 is 0. The summed E-state index contributed by atoms with van der Waals surface area (Å²) in [7, 11) is 0. The second-order valence-corrected chi connectivity index (χ2v) is 3.80. The summed E-state index contributed by atoms with van der Waals surface area (Å²) in [6.45, 7) is 3.60. The molecule has 1 aromatic carbocycles. The molecular formula is C13H15NO4. The van der Waals surface area contributed by atoms with E-state index in [1.165, 1.54) is 18.2 Å². The zero-order chi connectivity index (χ0) is 13.6. The molecule has 0 fully saturated rings. The van der Waals surface area contributed by atoms with Gasteiger partial charge in [0.2, 0.25) is 0 Å². The number of hydrogen-bond donors (Lipinski definition) is 3. The highest BCUT2D eigenvalue weighted by molar-refractivity contribution is 5.90. The highest BCUT2D eigenvalue weighted by atomic mass is 16.4. The molecule has 96 valence electrons. The highest BCUT2D eigenvalue weighted by Gasteiger charge is 2.39. The number of rotatable bonds is 6. The Morgan fingerprint density at radius 1 is 1.33 bits per heavy atom. The van der Waals surface area contributed by atoms with Crippen molar-refractivity contribution >= 4 is 11.9 Å². The second kappa shape index (κ2) is 5.97. The topological polar surface area (TPSA) is 86.6 Å². The first kappa shape index (κ1) is 13.9. The number of carboxylic acids is 1. The first-order chi connectivity index (χ1) is 8.50. The van der Waals surface area contributed by atoms with E-state index >= 15 is 0 Å². The van der Waals surface area contributed by atoms with E-state index in [1.54, 1.807) is 18.2 Å². The number of benzene rings is 1. The molecule has 0 bridgehead atoms. The molecule has 1 rings (SSSR count). The number of aliphatic carboxylic acids is 1. The summed E-state index contributed by atoms with van der Waals surface area (Å²) in [6, 6.07) is 7.99. The number of carboxylic acid groups (broad SMARTS) is 1. The maximum Gasteiger partial charge on any atom is 0.307 e. The predicted octanol–water partition coefficient (Wildman–Crippen LogP) is 0.651. The van der Waals surface area contributed by atoms with E-state index in [2.05, 4.69) is 11.9 Å². The van der Waals surface area contributed by atoms with Gasteiger partial charge in [0.15, 0.2) is 5.60 Å². The zero-order valence-corrected chi connectivity index (χ0v) is 9.80. The van der Waals surface area contributed by atoms with Gasteiger partial charge in [0, 0.05) is 6.54 Å². The van der Waals surface area contributed by atoms with Crippen LogP contribution in [-0.4, -0.2) is 28.6 Å². The van der Waals surface area contributed by atoms with Crippen molar-refractivity contribution in [1.29, 1.82) is 0 Å². The summed E-state index contributed by atoms with van der Waals surface area (Å²) >= 11 is 0. The molecule has 0 radical (unpaired) electrons. The summed E-state index contributed by atoms with van der Waals surface area (Å²) in [5, 5.41) is 21.6. The van der Waals surface area contributed by atoms with E-state index < -0.39 is 23.9 Å². The van der Waals surface area contributed by atoms with E-state index in [1.807, 2.05) is 0 Å². The molecule has 0 heterocycles. The largest absolute Gasteiger partial charge is 0.481 e. The summed E-state index contributed by atoms with van der Waals surface area (Å²) in [4.78, 5) is 22.7. The van der Waals surface area contributed by atoms with Gasteiger partial charge in [0.05, 0.1) is 6.42 Å². The van der Waals surface area contributed by atoms with E-state index in [0.29, 0.717) is 0 Å². The number of amides is 1. The average Bonchev–Trinajstić information content (AvgIpc) is 2.36. The standard InChI is InChI=1S/C13H15NO4/c1-2-8-14-12(17)13(18,9-11(15)16)10-6-4-3-5-7-10/h2-7,18H,1,8-9H2,(H,14,17)(H,15,16). The first-order valence-electron chi connectivity index (χ1n) is 5.39. The van der Waals surface area contributed by atoms with Gasteiger partial charge in [0.25, 0.3) is 5.91 Å². The lowest BCUT2D eigenvalue weighted by Gasteiger charge is -2.25. The van der Waals surface area contributed by atoms with Crippen molar-refractivity contribution in [3.05, 3.63) is 48.6 Å². The van der Waals surface area contributed by atoms with Gasteiger partial charge >= 0.3 is 5.97 Å². The minimum atomic E-state index is -2.07. The monoisotopic (exact) mass is 249 g/mol. The van der Waals surface area contributed by atoms with Crippen molar-refractivity contribution in [2.45, 2.75) is 12.0 Å². The van der Waals surface area contributed by atoms with Crippen molar-refractivity contribution < 1.29 is 19.8 Å². The lowest BCUT2D eigenvalue weighted by Crippen LogP contribution is -2.46. The van der Waals surface area contributed by atoms with E-state index in [-0.39, 0.29) is 12.1 Å². The molecule has 1 aromatic rings. The van der Waals surface area contributed by atoms with Crippen LogP contribution in [0.5, 0.6) is 0 Å². The molecule has 1 unspecified atom stereocenters. The Morgan fingerprint density at radius 3 is 2.44 bits per heavy atom. The van der Waals surface area contributed by atoms with Gasteiger partial charge in [-0.2, -0.15) is 0 Å². The molecule has 0 aliphatic heterocycles. The molecule has 3 N–H and O–H groups in total. The van der Waals surface area contributed by atoms with Crippen LogP contribution in [0.25, 0.3) is 0 Å². The second-order valence-electron chi connectivity index (χ2n) is 3.80. The van der Waals surface area contributed by atoms with Crippen molar-refractivity contribution in [2.24, 2.45) is 0 Å². The molecule has 1 amide bonds. The first-order valence-corrected chi connectivity index (χ1v) is 5.39. The summed E-state index contributed by atoms with van der Waals surface area (Å²) in [5.41, 5.74) is -1.83. The van der Waals surface area contributed by atoms with E-state index in [9.17, 15) is 14.7 Å². The normalized spacial score (nSPS) is 13.4. The summed E-state index contributed by atoms with van der Waals surface area (Å²) in [5.74, 6) is -2.01. The van der Waals surface area contributed by atoms with Crippen molar-refractivity contribution in [3.63, 3.8) is 0 Å². The third-order valence-corrected chi connectivity index (χ3v) is 2.44. The van der Waals surface area contributed by atoms with Gasteiger partial charge < -0.3 is 15.5 Å². The third-order valence-electron chi connectivity index (χ3n) is 2.44.